The first-order valence-corrected chi connectivity index (χ1v) is 6.47. The van der Waals surface area contributed by atoms with Crippen molar-refractivity contribution in [3.8, 4) is 0 Å². The van der Waals surface area contributed by atoms with E-state index in [4.69, 9.17) is 0 Å². The van der Waals surface area contributed by atoms with E-state index in [1.165, 1.54) is 11.3 Å². The third-order valence-electron chi connectivity index (χ3n) is 2.99. The van der Waals surface area contributed by atoms with Gasteiger partial charge in [-0.1, -0.05) is 0 Å². The van der Waals surface area contributed by atoms with E-state index in [0.29, 0.717) is 10.7 Å². The standard InChI is InChI=1S/C12H16N4OS/c1-6-9(4)18-12(13-6)14-11(17)10-7(2)15-16(5)8(10)3/h1-5H3,(H,13,14,17). The summed E-state index contributed by atoms with van der Waals surface area (Å²) in [4.78, 5) is 17.6. The fraction of sp³-hybridized carbons (Fsp3) is 0.417. The molecule has 2 aromatic heterocycles. The molecule has 1 amide bonds. The van der Waals surface area contributed by atoms with Crippen LogP contribution in [0, 0.1) is 27.7 Å². The van der Waals surface area contributed by atoms with Gasteiger partial charge in [0.15, 0.2) is 5.13 Å². The van der Waals surface area contributed by atoms with Gasteiger partial charge in [-0.25, -0.2) is 4.98 Å². The molecule has 0 saturated carbocycles. The molecule has 0 bridgehead atoms. The lowest BCUT2D eigenvalue weighted by atomic mass is 10.2. The van der Waals surface area contributed by atoms with Gasteiger partial charge < -0.3 is 0 Å². The summed E-state index contributed by atoms with van der Waals surface area (Å²) in [5.74, 6) is -0.146. The van der Waals surface area contributed by atoms with E-state index in [0.717, 1.165) is 22.0 Å². The number of carbonyl (C=O) groups excluding carboxylic acids is 1. The largest absolute Gasteiger partial charge is 0.298 e. The lowest BCUT2D eigenvalue weighted by Gasteiger charge is -2.01. The molecule has 0 spiro atoms. The average molecular weight is 264 g/mol. The van der Waals surface area contributed by atoms with Crippen molar-refractivity contribution in [1.82, 2.24) is 14.8 Å². The molecule has 0 fully saturated rings. The number of anilines is 1. The van der Waals surface area contributed by atoms with E-state index in [1.807, 2.05) is 34.7 Å². The second-order valence-electron chi connectivity index (χ2n) is 4.28. The summed E-state index contributed by atoms with van der Waals surface area (Å²) < 4.78 is 1.71. The Morgan fingerprint density at radius 3 is 2.33 bits per heavy atom. The van der Waals surface area contributed by atoms with E-state index in [1.54, 1.807) is 4.68 Å². The van der Waals surface area contributed by atoms with Gasteiger partial charge >= 0.3 is 0 Å². The van der Waals surface area contributed by atoms with Crippen molar-refractivity contribution >= 4 is 22.4 Å². The van der Waals surface area contributed by atoms with E-state index in [9.17, 15) is 4.79 Å². The number of aryl methyl sites for hydroxylation is 4. The quantitative estimate of drug-likeness (QED) is 0.905. The highest BCUT2D eigenvalue weighted by atomic mass is 32.1. The van der Waals surface area contributed by atoms with Crippen LogP contribution < -0.4 is 5.32 Å². The summed E-state index contributed by atoms with van der Waals surface area (Å²) in [6, 6.07) is 0. The number of amides is 1. The van der Waals surface area contributed by atoms with Crippen LogP contribution in [0.2, 0.25) is 0 Å². The fourth-order valence-corrected chi connectivity index (χ4v) is 2.60. The lowest BCUT2D eigenvalue weighted by Crippen LogP contribution is -2.13. The molecule has 2 rings (SSSR count). The van der Waals surface area contributed by atoms with Crippen molar-refractivity contribution in [2.24, 2.45) is 7.05 Å². The molecule has 2 heterocycles. The molecule has 0 saturated heterocycles. The molecule has 5 nitrogen and oxygen atoms in total. The summed E-state index contributed by atoms with van der Waals surface area (Å²) in [7, 11) is 1.83. The maximum Gasteiger partial charge on any atom is 0.261 e. The third-order valence-corrected chi connectivity index (χ3v) is 3.97. The van der Waals surface area contributed by atoms with Crippen LogP contribution >= 0.6 is 11.3 Å². The van der Waals surface area contributed by atoms with Crippen LogP contribution in [0.25, 0.3) is 0 Å². The zero-order chi connectivity index (χ0) is 13.4. The smallest absolute Gasteiger partial charge is 0.261 e. The monoisotopic (exact) mass is 264 g/mol. The first kappa shape index (κ1) is 12.8. The summed E-state index contributed by atoms with van der Waals surface area (Å²) in [5, 5.41) is 7.70. The van der Waals surface area contributed by atoms with E-state index in [2.05, 4.69) is 15.4 Å². The van der Waals surface area contributed by atoms with Crippen molar-refractivity contribution in [3.63, 3.8) is 0 Å². The molecule has 2 aromatic rings. The van der Waals surface area contributed by atoms with Crippen LogP contribution in [0.4, 0.5) is 5.13 Å². The third kappa shape index (κ3) is 2.15. The molecule has 96 valence electrons. The number of nitrogens with zero attached hydrogens (tertiary/aromatic N) is 3. The van der Waals surface area contributed by atoms with Gasteiger partial charge in [0.05, 0.1) is 17.0 Å². The topological polar surface area (TPSA) is 59.8 Å². The van der Waals surface area contributed by atoms with Crippen LogP contribution in [0.5, 0.6) is 0 Å². The van der Waals surface area contributed by atoms with Crippen molar-refractivity contribution in [3.05, 3.63) is 27.5 Å². The van der Waals surface area contributed by atoms with Gasteiger partial charge in [0.25, 0.3) is 5.91 Å². The minimum Gasteiger partial charge on any atom is -0.298 e. The van der Waals surface area contributed by atoms with Crippen LogP contribution in [-0.4, -0.2) is 20.7 Å². The highest BCUT2D eigenvalue weighted by molar-refractivity contribution is 7.15. The second kappa shape index (κ2) is 4.53. The minimum absolute atomic E-state index is 0.146. The Morgan fingerprint density at radius 1 is 1.22 bits per heavy atom. The van der Waals surface area contributed by atoms with Crippen molar-refractivity contribution in [2.45, 2.75) is 27.7 Å². The molecule has 6 heteroatoms. The van der Waals surface area contributed by atoms with Gasteiger partial charge in [0.2, 0.25) is 0 Å². The van der Waals surface area contributed by atoms with Gasteiger partial charge in [-0.3, -0.25) is 14.8 Å². The molecular formula is C12H16N4OS. The molecular weight excluding hydrogens is 248 g/mol. The van der Waals surface area contributed by atoms with Crippen LogP contribution in [-0.2, 0) is 7.05 Å². The first-order chi connectivity index (χ1) is 8.40. The molecule has 18 heavy (non-hydrogen) atoms. The minimum atomic E-state index is -0.146. The normalized spacial score (nSPS) is 10.7. The number of hydrogen-bond acceptors (Lipinski definition) is 4. The highest BCUT2D eigenvalue weighted by Gasteiger charge is 2.18. The zero-order valence-corrected chi connectivity index (χ0v) is 12.0. The number of rotatable bonds is 2. The Kier molecular flexibility index (Phi) is 3.21. The molecule has 0 aromatic carbocycles. The molecule has 0 aliphatic heterocycles. The van der Waals surface area contributed by atoms with Gasteiger partial charge in [-0.15, -0.1) is 11.3 Å². The first-order valence-electron chi connectivity index (χ1n) is 5.65. The summed E-state index contributed by atoms with van der Waals surface area (Å²) in [5.41, 5.74) is 3.17. The predicted molar refractivity (Wildman–Crippen MR) is 72.2 cm³/mol. The average Bonchev–Trinajstić information content (AvgIpc) is 2.69. The lowest BCUT2D eigenvalue weighted by molar-refractivity contribution is 0.102. The molecule has 1 N–H and O–H groups in total. The maximum atomic E-state index is 12.2. The predicted octanol–water partition coefficient (Wildman–Crippen LogP) is 2.36. The Balaban J connectivity index is 2.27. The van der Waals surface area contributed by atoms with Crippen molar-refractivity contribution in [2.75, 3.05) is 5.32 Å². The number of aromatic nitrogens is 3. The molecule has 0 unspecified atom stereocenters. The summed E-state index contributed by atoms with van der Waals surface area (Å²) in [6.07, 6.45) is 0. The van der Waals surface area contributed by atoms with Gasteiger partial charge in [-0.2, -0.15) is 5.10 Å². The molecule has 0 atom stereocenters. The number of carbonyl (C=O) groups is 1. The van der Waals surface area contributed by atoms with Gasteiger partial charge in [0, 0.05) is 17.6 Å². The summed E-state index contributed by atoms with van der Waals surface area (Å²) in [6.45, 7) is 7.64. The molecule has 0 radical (unpaired) electrons. The maximum absolute atomic E-state index is 12.2. The van der Waals surface area contributed by atoms with Crippen LogP contribution in [0.1, 0.15) is 32.3 Å². The second-order valence-corrected chi connectivity index (χ2v) is 5.49. The summed E-state index contributed by atoms with van der Waals surface area (Å²) >= 11 is 1.49. The number of nitrogens with one attached hydrogen (secondary N) is 1. The Hall–Kier alpha value is -1.69. The number of thiazole rings is 1. The SMILES string of the molecule is Cc1nc(NC(=O)c2c(C)nn(C)c2C)sc1C. The van der Waals surface area contributed by atoms with Crippen molar-refractivity contribution in [1.29, 1.82) is 0 Å². The Labute approximate surface area is 110 Å². The molecule has 0 aliphatic rings. The van der Waals surface area contributed by atoms with Crippen molar-refractivity contribution < 1.29 is 4.79 Å². The van der Waals surface area contributed by atoms with Crippen LogP contribution in [0.15, 0.2) is 0 Å². The van der Waals surface area contributed by atoms with E-state index in [-0.39, 0.29) is 5.91 Å². The Bertz CT molecular complexity index is 592. The highest BCUT2D eigenvalue weighted by Crippen LogP contribution is 2.22. The molecule has 0 aliphatic carbocycles. The number of hydrogen-bond donors (Lipinski definition) is 1. The van der Waals surface area contributed by atoms with E-state index >= 15 is 0 Å². The zero-order valence-electron chi connectivity index (χ0n) is 11.2. The Morgan fingerprint density at radius 2 is 1.89 bits per heavy atom. The van der Waals surface area contributed by atoms with Gasteiger partial charge in [0.1, 0.15) is 0 Å². The van der Waals surface area contributed by atoms with E-state index < -0.39 is 0 Å². The van der Waals surface area contributed by atoms with Crippen LogP contribution in [0.3, 0.4) is 0 Å². The van der Waals surface area contributed by atoms with Gasteiger partial charge in [-0.05, 0) is 27.7 Å². The fourth-order valence-electron chi connectivity index (χ4n) is 1.79.